The Bertz CT molecular complexity index is 901. The average Bonchev–Trinajstić information content (AvgIpc) is 3.13. The molecule has 4 rings (SSSR count). The van der Waals surface area contributed by atoms with E-state index >= 15 is 0 Å². The Hall–Kier alpha value is -0.603. The highest BCUT2D eigenvalue weighted by Gasteiger charge is 2.57. The minimum Gasteiger partial charge on any atom is -0.414 e. The van der Waals surface area contributed by atoms with Gasteiger partial charge in [0.25, 0.3) is 0 Å². The summed E-state index contributed by atoms with van der Waals surface area (Å²) in [6, 6.07) is 0. The smallest absolute Gasteiger partial charge is 0.192 e. The van der Waals surface area contributed by atoms with Gasteiger partial charge in [-0.1, -0.05) is 97.8 Å². The van der Waals surface area contributed by atoms with Crippen LogP contribution >= 0.6 is 0 Å². The molecule has 8 atom stereocenters. The summed E-state index contributed by atoms with van der Waals surface area (Å²) in [5.41, 5.74) is 4.35. The minimum atomic E-state index is -1.72. The first-order valence-electron chi connectivity index (χ1n) is 15.4. The summed E-state index contributed by atoms with van der Waals surface area (Å²) < 4.78 is 6.92. The first kappa shape index (κ1) is 28.4. The molecule has 0 aromatic carbocycles. The Morgan fingerprint density at radius 3 is 2.25 bits per heavy atom. The van der Waals surface area contributed by atoms with E-state index in [4.69, 9.17) is 4.43 Å². The summed E-state index contributed by atoms with van der Waals surface area (Å²) in [4.78, 5) is 0. The lowest BCUT2D eigenvalue weighted by Gasteiger charge is -2.55. The average molecular weight is 511 g/mol. The Morgan fingerprint density at radius 2 is 1.61 bits per heavy atom. The maximum atomic E-state index is 6.92. The molecule has 0 aromatic rings. The van der Waals surface area contributed by atoms with Crippen LogP contribution in [-0.4, -0.2) is 14.4 Å². The van der Waals surface area contributed by atoms with Gasteiger partial charge in [0.05, 0.1) is 0 Å². The molecule has 204 valence electrons. The van der Waals surface area contributed by atoms with Crippen LogP contribution in [0.4, 0.5) is 0 Å². The molecule has 0 spiro atoms. The lowest BCUT2D eigenvalue weighted by atomic mass is 9.50. The fraction of sp³-hybridized carbons (Fsp3) is 0.824. The first-order chi connectivity index (χ1) is 16.6. The quantitative estimate of drug-likeness (QED) is 0.255. The lowest BCUT2D eigenvalue weighted by molar-refractivity contribution is 0.0405. The van der Waals surface area contributed by atoms with Gasteiger partial charge in [-0.2, -0.15) is 0 Å². The maximum Gasteiger partial charge on any atom is 0.192 e. The van der Waals surface area contributed by atoms with E-state index in [0.29, 0.717) is 28.8 Å². The molecule has 0 amide bonds. The molecular weight excluding hydrogens is 452 g/mol. The van der Waals surface area contributed by atoms with Crippen LogP contribution in [0.3, 0.4) is 0 Å². The van der Waals surface area contributed by atoms with Crippen LogP contribution < -0.4 is 0 Å². The van der Waals surface area contributed by atoms with E-state index in [1.165, 1.54) is 38.5 Å². The largest absolute Gasteiger partial charge is 0.414 e. The molecule has 0 saturated heterocycles. The molecule has 0 bridgehead atoms. The molecule has 0 aliphatic heterocycles. The van der Waals surface area contributed by atoms with Crippen molar-refractivity contribution in [2.45, 2.75) is 131 Å². The van der Waals surface area contributed by atoms with Gasteiger partial charge in [0, 0.05) is 6.10 Å². The molecule has 0 N–H and O–H groups in total. The van der Waals surface area contributed by atoms with E-state index in [-0.39, 0.29) is 5.04 Å². The summed E-state index contributed by atoms with van der Waals surface area (Å²) in [6.45, 7) is 26.8. The van der Waals surface area contributed by atoms with Gasteiger partial charge in [-0.3, -0.25) is 0 Å². The van der Waals surface area contributed by atoms with Crippen molar-refractivity contribution < 1.29 is 4.43 Å². The van der Waals surface area contributed by atoms with Crippen molar-refractivity contribution in [1.29, 1.82) is 0 Å². The van der Waals surface area contributed by atoms with Gasteiger partial charge in [-0.05, 0) is 109 Å². The predicted octanol–water partition coefficient (Wildman–Crippen LogP) is 10.4. The molecule has 1 nitrogen and oxygen atoms in total. The Labute approximate surface area is 225 Å². The van der Waals surface area contributed by atoms with E-state index in [9.17, 15) is 0 Å². The van der Waals surface area contributed by atoms with E-state index in [1.807, 2.05) is 5.57 Å². The highest BCUT2D eigenvalue weighted by atomic mass is 28.4. The van der Waals surface area contributed by atoms with Crippen LogP contribution in [0.5, 0.6) is 0 Å². The summed E-state index contributed by atoms with van der Waals surface area (Å²) in [6.07, 6.45) is 20.0. The SMILES string of the molecule is CC(C)C(C)/C=C/C(C)C1CCC2C3=CC=C4CC(O[Si](C)(C)C(C)(C)C)CCC4(C)C3CCC21C. The lowest BCUT2D eigenvalue weighted by Crippen LogP contribution is -2.49. The molecule has 0 heterocycles. The topological polar surface area (TPSA) is 9.23 Å². The van der Waals surface area contributed by atoms with Crippen LogP contribution in [0.25, 0.3) is 0 Å². The summed E-state index contributed by atoms with van der Waals surface area (Å²) in [7, 11) is -1.72. The van der Waals surface area contributed by atoms with E-state index in [1.54, 1.807) is 5.57 Å². The molecule has 0 aromatic heterocycles. The van der Waals surface area contributed by atoms with Gasteiger partial charge in [-0.15, -0.1) is 0 Å². The standard InChI is InChI=1S/C34H58OSi/c1-23(2)24(3)12-13-25(4)29-16-17-30-28-15-14-26-22-27(35-36(10,11)32(5,6)7)18-20-33(26,8)31(28)19-21-34(29,30)9/h12-15,23-25,27,29-31H,16-22H2,1-11H3/b13-12+. The molecule has 2 heteroatoms. The summed E-state index contributed by atoms with van der Waals surface area (Å²) in [5, 5.41) is 0.285. The van der Waals surface area contributed by atoms with Crippen LogP contribution in [0.2, 0.25) is 18.1 Å². The van der Waals surface area contributed by atoms with E-state index < -0.39 is 8.32 Å². The second kappa shape index (κ2) is 9.85. The Balaban J connectivity index is 1.52. The fourth-order valence-electron chi connectivity index (χ4n) is 8.27. The van der Waals surface area contributed by atoms with Crippen molar-refractivity contribution in [3.63, 3.8) is 0 Å². The number of hydrogen-bond donors (Lipinski definition) is 0. The Morgan fingerprint density at radius 1 is 0.917 bits per heavy atom. The van der Waals surface area contributed by atoms with Gasteiger partial charge < -0.3 is 4.43 Å². The molecule has 8 unspecified atom stereocenters. The van der Waals surface area contributed by atoms with E-state index in [0.717, 1.165) is 30.1 Å². The third-order valence-electron chi connectivity index (χ3n) is 12.3. The van der Waals surface area contributed by atoms with Gasteiger partial charge in [0.15, 0.2) is 8.32 Å². The highest BCUT2D eigenvalue weighted by molar-refractivity contribution is 6.74. The minimum absolute atomic E-state index is 0.285. The van der Waals surface area contributed by atoms with Gasteiger partial charge in [0.1, 0.15) is 0 Å². The molecule has 4 aliphatic carbocycles. The molecule has 0 radical (unpaired) electrons. The predicted molar refractivity (Wildman–Crippen MR) is 160 cm³/mol. The van der Waals surface area contributed by atoms with Crippen molar-refractivity contribution >= 4 is 8.32 Å². The van der Waals surface area contributed by atoms with Crippen molar-refractivity contribution in [2.24, 2.45) is 46.3 Å². The third kappa shape index (κ3) is 4.92. The van der Waals surface area contributed by atoms with Crippen LogP contribution in [0.1, 0.15) is 107 Å². The summed E-state index contributed by atoms with van der Waals surface area (Å²) in [5.74, 6) is 4.46. The zero-order valence-electron chi connectivity index (χ0n) is 25.7. The Kier molecular flexibility index (Phi) is 7.78. The zero-order valence-corrected chi connectivity index (χ0v) is 26.7. The van der Waals surface area contributed by atoms with Gasteiger partial charge in [-0.25, -0.2) is 0 Å². The zero-order chi connectivity index (χ0) is 26.7. The number of rotatable bonds is 6. The van der Waals surface area contributed by atoms with Gasteiger partial charge >= 0.3 is 0 Å². The number of hydrogen-bond acceptors (Lipinski definition) is 1. The second-order valence-corrected chi connectivity index (χ2v) is 20.5. The highest BCUT2D eigenvalue weighted by Crippen LogP contribution is 2.66. The summed E-state index contributed by atoms with van der Waals surface area (Å²) >= 11 is 0. The number of allylic oxidation sites excluding steroid dienone is 5. The molecule has 36 heavy (non-hydrogen) atoms. The van der Waals surface area contributed by atoms with Crippen molar-refractivity contribution in [1.82, 2.24) is 0 Å². The van der Waals surface area contributed by atoms with E-state index in [2.05, 4.69) is 99.7 Å². The first-order valence-corrected chi connectivity index (χ1v) is 18.3. The van der Waals surface area contributed by atoms with Crippen molar-refractivity contribution in [2.75, 3.05) is 0 Å². The fourth-order valence-corrected chi connectivity index (χ4v) is 9.66. The van der Waals surface area contributed by atoms with Crippen LogP contribution in [0.15, 0.2) is 35.5 Å². The van der Waals surface area contributed by atoms with Crippen molar-refractivity contribution in [3.8, 4) is 0 Å². The second-order valence-electron chi connectivity index (χ2n) is 15.7. The van der Waals surface area contributed by atoms with Crippen LogP contribution in [-0.2, 0) is 4.43 Å². The normalized spacial score (nSPS) is 38.8. The number of fused-ring (bicyclic) bond motifs is 5. The molecular formula is C34H58OSi. The molecule has 4 aliphatic rings. The maximum absolute atomic E-state index is 6.92. The third-order valence-corrected chi connectivity index (χ3v) is 16.8. The molecule has 3 fully saturated rings. The monoisotopic (exact) mass is 510 g/mol. The van der Waals surface area contributed by atoms with Gasteiger partial charge in [0.2, 0.25) is 0 Å². The van der Waals surface area contributed by atoms with Crippen LogP contribution in [0, 0.1) is 46.3 Å². The van der Waals surface area contributed by atoms with Crippen molar-refractivity contribution in [3.05, 3.63) is 35.5 Å². The molecule has 3 saturated carbocycles.